The van der Waals surface area contributed by atoms with Crippen LogP contribution < -0.4 is 0 Å². The van der Waals surface area contributed by atoms with E-state index in [9.17, 15) is 10.2 Å². The summed E-state index contributed by atoms with van der Waals surface area (Å²) in [6.45, 7) is 2.61. The molecule has 0 aromatic rings. The first kappa shape index (κ1) is 18.6. The third-order valence-corrected chi connectivity index (χ3v) is 3.71. The van der Waals surface area contributed by atoms with Gasteiger partial charge in [-0.3, -0.25) is 0 Å². The fourth-order valence-corrected chi connectivity index (χ4v) is 2.38. The molecule has 1 heterocycles. The molecule has 0 bridgehead atoms. The molecule has 0 amide bonds. The first-order valence-electron chi connectivity index (χ1n) is 8.05. The van der Waals surface area contributed by atoms with E-state index in [1.54, 1.807) is 0 Å². The molecule has 0 aromatic heterocycles. The Balaban J connectivity index is 2.03. The summed E-state index contributed by atoms with van der Waals surface area (Å²) in [7, 11) is 0. The van der Waals surface area contributed by atoms with Gasteiger partial charge in [-0.2, -0.15) is 0 Å². The average Bonchev–Trinajstić information content (AvgIpc) is 2.86. The molecule has 0 unspecified atom stereocenters. The van der Waals surface area contributed by atoms with Crippen molar-refractivity contribution in [1.29, 1.82) is 0 Å². The van der Waals surface area contributed by atoms with E-state index in [0.717, 1.165) is 32.1 Å². The Morgan fingerprint density at radius 1 is 1.24 bits per heavy atom. The van der Waals surface area contributed by atoms with E-state index in [0.29, 0.717) is 6.61 Å². The molecule has 1 aliphatic rings. The van der Waals surface area contributed by atoms with Crippen molar-refractivity contribution in [3.05, 3.63) is 12.2 Å². The SMILES string of the molecule is CCC/C=C/CCCCCO[C@H]1CO[C@@H]([C@H](O)CO)[C@H]1O. The summed E-state index contributed by atoms with van der Waals surface area (Å²) in [5.74, 6) is 0. The Kier molecular flexibility index (Phi) is 9.87. The lowest BCUT2D eigenvalue weighted by Gasteiger charge is -2.20. The van der Waals surface area contributed by atoms with Crippen LogP contribution in [0.3, 0.4) is 0 Å². The highest BCUT2D eigenvalue weighted by Gasteiger charge is 2.40. The van der Waals surface area contributed by atoms with Gasteiger partial charge in [-0.15, -0.1) is 0 Å². The summed E-state index contributed by atoms with van der Waals surface area (Å²) in [6.07, 6.45) is 8.07. The Morgan fingerprint density at radius 3 is 2.71 bits per heavy atom. The van der Waals surface area contributed by atoms with Crippen LogP contribution in [0.5, 0.6) is 0 Å². The zero-order valence-electron chi connectivity index (χ0n) is 13.0. The normalized spacial score (nSPS) is 27.5. The molecule has 21 heavy (non-hydrogen) atoms. The Hall–Kier alpha value is -0.460. The van der Waals surface area contributed by atoms with E-state index < -0.39 is 31.0 Å². The number of hydrogen-bond donors (Lipinski definition) is 3. The first-order valence-corrected chi connectivity index (χ1v) is 8.05. The molecule has 5 nitrogen and oxygen atoms in total. The molecule has 0 aromatic carbocycles. The van der Waals surface area contributed by atoms with Gasteiger partial charge in [0.15, 0.2) is 0 Å². The van der Waals surface area contributed by atoms with Crippen LogP contribution in [-0.2, 0) is 9.47 Å². The second-order valence-corrected chi connectivity index (χ2v) is 5.56. The minimum atomic E-state index is -1.05. The van der Waals surface area contributed by atoms with Gasteiger partial charge >= 0.3 is 0 Å². The van der Waals surface area contributed by atoms with Crippen molar-refractivity contribution in [2.24, 2.45) is 0 Å². The third kappa shape index (κ3) is 6.89. The molecule has 0 saturated carbocycles. The fourth-order valence-electron chi connectivity index (χ4n) is 2.38. The van der Waals surface area contributed by atoms with Crippen molar-refractivity contribution in [2.45, 2.75) is 69.9 Å². The number of ether oxygens (including phenoxy) is 2. The van der Waals surface area contributed by atoms with E-state index in [1.807, 2.05) is 0 Å². The van der Waals surface area contributed by atoms with Gasteiger partial charge in [0.1, 0.15) is 24.4 Å². The summed E-state index contributed by atoms with van der Waals surface area (Å²) in [5, 5.41) is 28.3. The molecular formula is C16H30O5. The lowest BCUT2D eigenvalue weighted by molar-refractivity contribution is -0.0730. The van der Waals surface area contributed by atoms with Crippen molar-refractivity contribution in [3.63, 3.8) is 0 Å². The Labute approximate surface area is 127 Å². The maximum Gasteiger partial charge on any atom is 0.114 e. The highest BCUT2D eigenvalue weighted by Crippen LogP contribution is 2.20. The van der Waals surface area contributed by atoms with Crippen LogP contribution in [-0.4, -0.2) is 59.6 Å². The van der Waals surface area contributed by atoms with Crippen LogP contribution in [0.1, 0.15) is 45.4 Å². The standard InChI is InChI=1S/C16H30O5/c1-2-3-4-5-6-7-8-9-10-20-14-12-21-16(15(14)19)13(18)11-17/h4-5,13-19H,2-3,6-12H2,1H3/b5-4+/t13-,14+,15+,16+/m1/s1. The number of aliphatic hydroxyl groups excluding tert-OH is 3. The number of aliphatic hydroxyl groups is 3. The molecule has 0 aliphatic carbocycles. The van der Waals surface area contributed by atoms with Crippen LogP contribution in [0.2, 0.25) is 0 Å². The monoisotopic (exact) mass is 302 g/mol. The van der Waals surface area contributed by atoms with Crippen molar-refractivity contribution in [1.82, 2.24) is 0 Å². The van der Waals surface area contributed by atoms with Crippen LogP contribution >= 0.6 is 0 Å². The van der Waals surface area contributed by atoms with Crippen LogP contribution in [0.4, 0.5) is 0 Å². The molecule has 124 valence electrons. The summed E-state index contributed by atoms with van der Waals surface area (Å²) in [6, 6.07) is 0. The highest BCUT2D eigenvalue weighted by molar-refractivity contribution is 4.88. The maximum atomic E-state index is 9.94. The molecule has 3 N–H and O–H groups in total. The topological polar surface area (TPSA) is 79.2 Å². The molecule has 1 fully saturated rings. The van der Waals surface area contributed by atoms with Crippen LogP contribution in [0.15, 0.2) is 12.2 Å². The van der Waals surface area contributed by atoms with Gasteiger partial charge in [0.05, 0.1) is 13.2 Å². The molecule has 1 rings (SSSR count). The second-order valence-electron chi connectivity index (χ2n) is 5.56. The molecule has 1 aliphatic heterocycles. The number of rotatable bonds is 11. The molecule has 1 saturated heterocycles. The third-order valence-electron chi connectivity index (χ3n) is 3.71. The highest BCUT2D eigenvalue weighted by atomic mass is 16.6. The van der Waals surface area contributed by atoms with Crippen LogP contribution in [0.25, 0.3) is 0 Å². The molecule has 4 atom stereocenters. The van der Waals surface area contributed by atoms with Gasteiger partial charge in [-0.25, -0.2) is 0 Å². The maximum absolute atomic E-state index is 9.94. The first-order chi connectivity index (χ1) is 10.2. The molecule has 0 spiro atoms. The van der Waals surface area contributed by atoms with Crippen molar-refractivity contribution >= 4 is 0 Å². The smallest absolute Gasteiger partial charge is 0.114 e. The van der Waals surface area contributed by atoms with Gasteiger partial charge in [0.25, 0.3) is 0 Å². The summed E-state index contributed by atoms with van der Waals surface area (Å²) < 4.78 is 10.9. The van der Waals surface area contributed by atoms with E-state index >= 15 is 0 Å². The number of unbranched alkanes of at least 4 members (excludes halogenated alkanes) is 4. The Morgan fingerprint density at radius 2 is 2.00 bits per heavy atom. The van der Waals surface area contributed by atoms with Gasteiger partial charge in [-0.1, -0.05) is 31.9 Å². The van der Waals surface area contributed by atoms with Gasteiger partial charge in [0, 0.05) is 6.61 Å². The lowest BCUT2D eigenvalue weighted by atomic mass is 10.1. The zero-order chi connectivity index (χ0) is 15.5. The predicted molar refractivity (Wildman–Crippen MR) is 81.1 cm³/mol. The van der Waals surface area contributed by atoms with Crippen molar-refractivity contribution < 1.29 is 24.8 Å². The van der Waals surface area contributed by atoms with Gasteiger partial charge in [-0.05, 0) is 25.7 Å². The van der Waals surface area contributed by atoms with Crippen molar-refractivity contribution in [2.75, 3.05) is 19.8 Å². The largest absolute Gasteiger partial charge is 0.394 e. The van der Waals surface area contributed by atoms with E-state index in [1.165, 1.54) is 6.42 Å². The zero-order valence-corrected chi connectivity index (χ0v) is 13.0. The summed E-state index contributed by atoms with van der Waals surface area (Å²) in [4.78, 5) is 0. The second kappa shape index (κ2) is 11.2. The predicted octanol–water partition coefficient (Wildman–Crippen LogP) is 1.40. The minimum absolute atomic E-state index is 0.267. The summed E-state index contributed by atoms with van der Waals surface area (Å²) >= 11 is 0. The summed E-state index contributed by atoms with van der Waals surface area (Å²) in [5.41, 5.74) is 0. The van der Waals surface area contributed by atoms with Crippen LogP contribution in [0, 0.1) is 0 Å². The lowest BCUT2D eigenvalue weighted by Crippen LogP contribution is -2.41. The molecule has 0 radical (unpaired) electrons. The van der Waals surface area contributed by atoms with E-state index in [4.69, 9.17) is 14.6 Å². The average molecular weight is 302 g/mol. The van der Waals surface area contributed by atoms with Gasteiger partial charge < -0.3 is 24.8 Å². The fraction of sp³-hybridized carbons (Fsp3) is 0.875. The van der Waals surface area contributed by atoms with E-state index in [-0.39, 0.29) is 6.61 Å². The van der Waals surface area contributed by atoms with Crippen molar-refractivity contribution in [3.8, 4) is 0 Å². The molecular weight excluding hydrogens is 272 g/mol. The number of hydrogen-bond acceptors (Lipinski definition) is 5. The Bertz CT molecular complexity index is 282. The number of allylic oxidation sites excluding steroid dienone is 2. The van der Waals surface area contributed by atoms with E-state index in [2.05, 4.69) is 19.1 Å². The quantitative estimate of drug-likeness (QED) is 0.397. The molecule has 5 heteroatoms. The minimum Gasteiger partial charge on any atom is -0.394 e. The van der Waals surface area contributed by atoms with Gasteiger partial charge in [0.2, 0.25) is 0 Å².